The molecule has 2 rings (SSSR count). The van der Waals surface area contributed by atoms with Gasteiger partial charge in [-0.15, -0.1) is 0 Å². The summed E-state index contributed by atoms with van der Waals surface area (Å²) in [7, 11) is 0. The topological polar surface area (TPSA) is 76.4 Å². The number of anilines is 2. The molecular formula is C10H13N3O2S2. The summed E-state index contributed by atoms with van der Waals surface area (Å²) in [5.74, 6) is -0.349. The van der Waals surface area contributed by atoms with Crippen molar-refractivity contribution in [2.24, 2.45) is 5.73 Å². The van der Waals surface area contributed by atoms with Gasteiger partial charge in [-0.25, -0.2) is 0 Å². The Kier molecular flexibility index (Phi) is 3.41. The molecule has 0 radical (unpaired) electrons. The van der Waals surface area contributed by atoms with E-state index in [0.717, 1.165) is 11.4 Å². The van der Waals surface area contributed by atoms with E-state index >= 15 is 0 Å². The predicted molar refractivity (Wildman–Crippen MR) is 73.3 cm³/mol. The Hall–Kier alpha value is -1.05. The molecule has 0 saturated heterocycles. The highest BCUT2D eigenvalue weighted by atomic mass is 32.1. The van der Waals surface area contributed by atoms with Gasteiger partial charge in [0, 0.05) is 5.75 Å². The third-order valence-corrected chi connectivity index (χ3v) is 2.99. The summed E-state index contributed by atoms with van der Waals surface area (Å²) in [4.78, 5) is 11.6. The molecule has 1 aliphatic heterocycles. The minimum absolute atomic E-state index is 0.218. The molecule has 0 fully saturated rings. The molecule has 4 N–H and O–H groups in total. The summed E-state index contributed by atoms with van der Waals surface area (Å²) in [6, 6.07) is 6.68. The van der Waals surface area contributed by atoms with E-state index in [1.54, 1.807) is 0 Å². The zero-order valence-corrected chi connectivity index (χ0v) is 10.7. The number of esters is 1. The number of para-hydroxylation sites is 2. The van der Waals surface area contributed by atoms with E-state index in [1.807, 2.05) is 24.3 Å². The van der Waals surface area contributed by atoms with Crippen LogP contribution in [0.2, 0.25) is 0 Å². The number of hydrogen-bond donors (Lipinski definition) is 5. The third kappa shape index (κ3) is 2.62. The van der Waals surface area contributed by atoms with Crippen LogP contribution in [0.25, 0.3) is 0 Å². The molecule has 1 aromatic carbocycles. The molecule has 0 spiro atoms. The van der Waals surface area contributed by atoms with Crippen LogP contribution in [0.4, 0.5) is 11.4 Å². The Morgan fingerprint density at radius 3 is 2.41 bits per heavy atom. The van der Waals surface area contributed by atoms with Crippen LogP contribution in [-0.2, 0) is 9.53 Å². The van der Waals surface area contributed by atoms with E-state index in [0.29, 0.717) is 0 Å². The zero-order valence-electron chi connectivity index (χ0n) is 8.88. The average Bonchev–Trinajstić information content (AvgIpc) is 2.63. The van der Waals surface area contributed by atoms with Gasteiger partial charge in [0.05, 0.1) is 11.4 Å². The van der Waals surface area contributed by atoms with Crippen LogP contribution < -0.4 is 16.4 Å². The van der Waals surface area contributed by atoms with Crippen molar-refractivity contribution in [3.8, 4) is 0 Å². The maximum Gasteiger partial charge on any atom is 0.327 e. The molecule has 0 bridgehead atoms. The molecule has 1 aromatic rings. The number of carbonyl (C=O) groups is 1. The van der Waals surface area contributed by atoms with E-state index in [1.165, 1.54) is 0 Å². The second kappa shape index (κ2) is 4.67. The first kappa shape index (κ1) is 12.4. The SMILES string of the molecule is N[C@@H](CS)C(=O)OC1(S)Nc2ccccc2N1. The predicted octanol–water partition coefficient (Wildman–Crippen LogP) is 0.865. The first-order valence-electron chi connectivity index (χ1n) is 5.01. The van der Waals surface area contributed by atoms with Crippen LogP contribution in [0.1, 0.15) is 0 Å². The molecule has 17 heavy (non-hydrogen) atoms. The zero-order chi connectivity index (χ0) is 12.5. The number of nitrogens with two attached hydrogens (primary N) is 1. The molecule has 0 amide bonds. The van der Waals surface area contributed by atoms with Crippen LogP contribution >= 0.6 is 25.3 Å². The first-order chi connectivity index (χ1) is 8.04. The Labute approximate surface area is 110 Å². The van der Waals surface area contributed by atoms with Crippen molar-refractivity contribution < 1.29 is 9.53 Å². The van der Waals surface area contributed by atoms with Gasteiger partial charge in [0.1, 0.15) is 6.04 Å². The second-order valence-electron chi connectivity index (χ2n) is 3.65. The highest BCUT2D eigenvalue weighted by Gasteiger charge is 2.37. The number of carbonyl (C=O) groups excluding carboxylic acids is 1. The molecule has 1 heterocycles. The number of nitrogens with one attached hydrogen (secondary N) is 2. The van der Waals surface area contributed by atoms with Crippen LogP contribution in [0.3, 0.4) is 0 Å². The van der Waals surface area contributed by atoms with Crippen LogP contribution in [-0.4, -0.2) is 22.9 Å². The lowest BCUT2D eigenvalue weighted by molar-refractivity contribution is -0.149. The Morgan fingerprint density at radius 2 is 1.94 bits per heavy atom. The van der Waals surface area contributed by atoms with Crippen molar-refractivity contribution in [1.82, 2.24) is 0 Å². The molecule has 0 aliphatic carbocycles. The van der Waals surface area contributed by atoms with E-state index in [2.05, 4.69) is 35.9 Å². The van der Waals surface area contributed by atoms with Crippen molar-refractivity contribution in [2.45, 2.75) is 11.2 Å². The van der Waals surface area contributed by atoms with E-state index in [4.69, 9.17) is 10.5 Å². The number of rotatable bonds is 3. The number of thiol groups is 2. The maximum absolute atomic E-state index is 11.6. The van der Waals surface area contributed by atoms with Gasteiger partial charge in [-0.05, 0) is 12.1 Å². The quantitative estimate of drug-likeness (QED) is 0.320. The van der Waals surface area contributed by atoms with Crippen molar-refractivity contribution in [1.29, 1.82) is 0 Å². The van der Waals surface area contributed by atoms with Gasteiger partial charge in [0.25, 0.3) is 0 Å². The molecule has 0 aromatic heterocycles. The summed E-state index contributed by atoms with van der Waals surface area (Å²) >= 11 is 8.19. The molecule has 1 aliphatic rings. The molecule has 7 heteroatoms. The number of hydrogen-bond acceptors (Lipinski definition) is 7. The standard InChI is InChI=1S/C10H13N3O2S2/c11-6(5-16)9(14)15-10(17)12-7-3-1-2-4-8(7)13-10/h1-4,6,12-13,16-17H,5,11H2/t6-/m0/s1. The van der Waals surface area contributed by atoms with Crippen LogP contribution in [0, 0.1) is 0 Å². The highest BCUT2D eigenvalue weighted by molar-refractivity contribution is 7.82. The lowest BCUT2D eigenvalue weighted by atomic mass is 10.3. The number of benzene rings is 1. The van der Waals surface area contributed by atoms with Crippen molar-refractivity contribution in [3.05, 3.63) is 24.3 Å². The Balaban J connectivity index is 2.07. The first-order valence-corrected chi connectivity index (χ1v) is 6.09. The number of fused-ring (bicyclic) bond motifs is 1. The van der Waals surface area contributed by atoms with Gasteiger partial charge in [-0.1, -0.05) is 24.8 Å². The average molecular weight is 271 g/mol. The van der Waals surface area contributed by atoms with Crippen LogP contribution in [0.15, 0.2) is 24.3 Å². The minimum atomic E-state index is -1.26. The molecule has 0 saturated carbocycles. The molecule has 1 atom stereocenters. The summed E-state index contributed by atoms with van der Waals surface area (Å²) in [6.07, 6.45) is 0. The smallest absolute Gasteiger partial charge is 0.327 e. The van der Waals surface area contributed by atoms with Gasteiger partial charge in [0.15, 0.2) is 0 Å². The molecular weight excluding hydrogens is 258 g/mol. The summed E-state index contributed by atoms with van der Waals surface area (Å²) in [5.41, 5.74) is 7.15. The van der Waals surface area contributed by atoms with Crippen molar-refractivity contribution in [2.75, 3.05) is 16.4 Å². The summed E-state index contributed by atoms with van der Waals surface area (Å²) in [5, 5.41) is 4.64. The lowest BCUT2D eigenvalue weighted by Gasteiger charge is -2.25. The largest absolute Gasteiger partial charge is 0.409 e. The summed E-state index contributed by atoms with van der Waals surface area (Å²) < 4.78 is 5.16. The normalized spacial score (nSPS) is 17.6. The maximum atomic E-state index is 11.6. The van der Waals surface area contributed by atoms with Crippen LogP contribution in [0.5, 0.6) is 0 Å². The fourth-order valence-corrected chi connectivity index (χ4v) is 1.92. The van der Waals surface area contributed by atoms with Gasteiger partial charge in [-0.3, -0.25) is 4.79 Å². The minimum Gasteiger partial charge on any atom is -0.409 e. The summed E-state index contributed by atoms with van der Waals surface area (Å²) in [6.45, 7) is 0. The third-order valence-electron chi connectivity index (χ3n) is 2.28. The fraction of sp³-hybridized carbons (Fsp3) is 0.300. The second-order valence-corrected chi connectivity index (χ2v) is 4.64. The molecule has 0 unspecified atom stereocenters. The van der Waals surface area contributed by atoms with E-state index < -0.39 is 17.2 Å². The van der Waals surface area contributed by atoms with Crippen molar-refractivity contribution >= 4 is 42.6 Å². The lowest BCUT2D eigenvalue weighted by Crippen LogP contribution is -2.46. The van der Waals surface area contributed by atoms with E-state index in [-0.39, 0.29) is 5.75 Å². The highest BCUT2D eigenvalue weighted by Crippen LogP contribution is 2.36. The fourth-order valence-electron chi connectivity index (χ4n) is 1.44. The Bertz CT molecular complexity index is 416. The molecule has 5 nitrogen and oxygen atoms in total. The van der Waals surface area contributed by atoms with Gasteiger partial charge in [0.2, 0.25) is 0 Å². The number of ether oxygens (including phenoxy) is 1. The monoisotopic (exact) mass is 271 g/mol. The van der Waals surface area contributed by atoms with Gasteiger partial charge >= 0.3 is 11.2 Å². The Morgan fingerprint density at radius 1 is 1.41 bits per heavy atom. The van der Waals surface area contributed by atoms with Gasteiger partial charge < -0.3 is 21.1 Å². The molecule has 92 valence electrons. The van der Waals surface area contributed by atoms with Gasteiger partial charge in [-0.2, -0.15) is 12.6 Å². The van der Waals surface area contributed by atoms with Crippen molar-refractivity contribution in [3.63, 3.8) is 0 Å². The van der Waals surface area contributed by atoms with E-state index in [9.17, 15) is 4.79 Å².